The summed E-state index contributed by atoms with van der Waals surface area (Å²) in [6.07, 6.45) is 7.07. The summed E-state index contributed by atoms with van der Waals surface area (Å²) in [5.41, 5.74) is 1.64. The molecule has 218 valence electrons. The molecule has 0 bridgehead atoms. The number of hydrogen-bond acceptors (Lipinski definition) is 5. The maximum absolute atomic E-state index is 13.6. The van der Waals surface area contributed by atoms with Crippen molar-refractivity contribution >= 4 is 35.5 Å². The lowest BCUT2D eigenvalue weighted by molar-refractivity contribution is -0.141. The molecule has 2 aromatic carbocycles. The third kappa shape index (κ3) is 10.7. The summed E-state index contributed by atoms with van der Waals surface area (Å²) in [6, 6.07) is 16.2. The van der Waals surface area contributed by atoms with Crippen LogP contribution in [0.1, 0.15) is 56.6 Å². The fraction of sp³-hybridized carbons (Fsp3) is 0.406. The third-order valence-corrected chi connectivity index (χ3v) is 6.98. The summed E-state index contributed by atoms with van der Waals surface area (Å²) in [5, 5.41) is 10.9. The van der Waals surface area contributed by atoms with Crippen molar-refractivity contribution in [3.63, 3.8) is 0 Å². The van der Waals surface area contributed by atoms with Crippen molar-refractivity contribution < 1.29 is 24.0 Å². The first-order valence-corrected chi connectivity index (χ1v) is 14.3. The molecule has 9 heteroatoms. The van der Waals surface area contributed by atoms with Crippen molar-refractivity contribution in [3.8, 4) is 0 Å². The molecule has 1 saturated heterocycles. The minimum absolute atomic E-state index is 0.00129. The van der Waals surface area contributed by atoms with Gasteiger partial charge in [-0.25, -0.2) is 0 Å². The van der Waals surface area contributed by atoms with Crippen LogP contribution in [0.25, 0.3) is 6.08 Å². The van der Waals surface area contributed by atoms with E-state index in [1.807, 2.05) is 67.6 Å². The van der Waals surface area contributed by atoms with E-state index < -0.39 is 41.5 Å². The maximum atomic E-state index is 13.6. The standard InChI is InChI=1S/C32H40N4O5/c1-2-3-10-19-34-32(41)29(38)26(22-25-16-11-20-33-30(25)39)36-31(40)27(21-24-14-8-5-9-15-24)35-28(37)18-17-23-12-6-4-7-13-23/h4-9,12-15,17-18,25-27H,2-3,10-11,16,19-22H2,1H3,(H,33,39)(H,34,41)(H,35,37)(H,36,40)/b18-17+/t25-,26-,27-/m0/s1. The van der Waals surface area contributed by atoms with Crippen LogP contribution in [0.2, 0.25) is 0 Å². The fourth-order valence-electron chi connectivity index (χ4n) is 4.69. The summed E-state index contributed by atoms with van der Waals surface area (Å²) in [6.45, 7) is 2.94. The van der Waals surface area contributed by atoms with Gasteiger partial charge in [0.05, 0.1) is 6.04 Å². The van der Waals surface area contributed by atoms with Crippen molar-refractivity contribution in [2.45, 2.75) is 64.0 Å². The van der Waals surface area contributed by atoms with E-state index in [1.54, 1.807) is 6.08 Å². The molecule has 41 heavy (non-hydrogen) atoms. The second kappa shape index (κ2) is 16.7. The lowest BCUT2D eigenvalue weighted by atomic mass is 9.89. The lowest BCUT2D eigenvalue weighted by Crippen LogP contribution is -2.55. The van der Waals surface area contributed by atoms with Gasteiger partial charge in [0, 0.05) is 31.5 Å². The largest absolute Gasteiger partial charge is 0.356 e. The molecule has 4 N–H and O–H groups in total. The lowest BCUT2D eigenvalue weighted by Gasteiger charge is -2.27. The molecule has 0 aromatic heterocycles. The van der Waals surface area contributed by atoms with E-state index in [1.165, 1.54) is 6.08 Å². The highest BCUT2D eigenvalue weighted by molar-refractivity contribution is 6.38. The second-order valence-corrected chi connectivity index (χ2v) is 10.2. The molecule has 1 heterocycles. The Balaban J connectivity index is 1.77. The zero-order chi connectivity index (χ0) is 29.5. The van der Waals surface area contributed by atoms with Crippen LogP contribution in [0.5, 0.6) is 0 Å². The number of rotatable bonds is 15. The van der Waals surface area contributed by atoms with E-state index in [9.17, 15) is 24.0 Å². The van der Waals surface area contributed by atoms with E-state index in [0.29, 0.717) is 19.5 Å². The van der Waals surface area contributed by atoms with Crippen LogP contribution in [0, 0.1) is 5.92 Å². The topological polar surface area (TPSA) is 133 Å². The smallest absolute Gasteiger partial charge is 0.289 e. The number of Topliss-reactive ketones (excluding diaryl/α,β-unsaturated/α-hetero) is 1. The number of hydrogen-bond donors (Lipinski definition) is 4. The van der Waals surface area contributed by atoms with Gasteiger partial charge in [-0.05, 0) is 42.9 Å². The van der Waals surface area contributed by atoms with Gasteiger partial charge in [0.2, 0.25) is 23.5 Å². The van der Waals surface area contributed by atoms with Crippen LogP contribution >= 0.6 is 0 Å². The van der Waals surface area contributed by atoms with Crippen LogP contribution < -0.4 is 21.3 Å². The Morgan fingerprint density at radius 2 is 1.66 bits per heavy atom. The molecule has 0 spiro atoms. The van der Waals surface area contributed by atoms with E-state index in [4.69, 9.17) is 0 Å². The quantitative estimate of drug-likeness (QED) is 0.151. The number of piperidine rings is 1. The molecule has 2 aromatic rings. The van der Waals surface area contributed by atoms with E-state index in [2.05, 4.69) is 21.3 Å². The summed E-state index contributed by atoms with van der Waals surface area (Å²) in [5.74, 6) is -3.40. The van der Waals surface area contributed by atoms with Crippen LogP contribution in [0.4, 0.5) is 0 Å². The Labute approximate surface area is 241 Å². The zero-order valence-corrected chi connectivity index (χ0v) is 23.6. The fourth-order valence-corrected chi connectivity index (χ4v) is 4.69. The molecular weight excluding hydrogens is 520 g/mol. The van der Waals surface area contributed by atoms with Gasteiger partial charge in [0.1, 0.15) is 6.04 Å². The van der Waals surface area contributed by atoms with Gasteiger partial charge in [0.15, 0.2) is 0 Å². The molecule has 3 atom stereocenters. The third-order valence-electron chi connectivity index (χ3n) is 6.98. The number of unbranched alkanes of at least 4 members (excludes halogenated alkanes) is 2. The molecule has 0 unspecified atom stereocenters. The Kier molecular flexibility index (Phi) is 12.8. The van der Waals surface area contributed by atoms with Crippen LogP contribution in [-0.2, 0) is 30.4 Å². The van der Waals surface area contributed by atoms with Gasteiger partial charge in [-0.3, -0.25) is 24.0 Å². The molecule has 9 nitrogen and oxygen atoms in total. The molecule has 0 aliphatic carbocycles. The Morgan fingerprint density at radius 3 is 2.34 bits per heavy atom. The van der Waals surface area contributed by atoms with Gasteiger partial charge in [-0.2, -0.15) is 0 Å². The first kappa shape index (κ1) is 31.3. The van der Waals surface area contributed by atoms with Crippen molar-refractivity contribution in [3.05, 3.63) is 77.9 Å². The molecule has 1 aliphatic rings. The number of benzene rings is 2. The van der Waals surface area contributed by atoms with Crippen LogP contribution in [0.3, 0.4) is 0 Å². The van der Waals surface area contributed by atoms with Gasteiger partial charge in [0.25, 0.3) is 5.91 Å². The molecule has 1 fully saturated rings. The summed E-state index contributed by atoms with van der Waals surface area (Å²) in [4.78, 5) is 64.8. The summed E-state index contributed by atoms with van der Waals surface area (Å²) >= 11 is 0. The van der Waals surface area contributed by atoms with E-state index in [-0.39, 0.29) is 18.7 Å². The number of carbonyl (C=O) groups excluding carboxylic acids is 5. The van der Waals surface area contributed by atoms with E-state index >= 15 is 0 Å². The zero-order valence-electron chi connectivity index (χ0n) is 23.6. The summed E-state index contributed by atoms with van der Waals surface area (Å²) in [7, 11) is 0. The average molecular weight is 561 g/mol. The number of carbonyl (C=O) groups is 5. The van der Waals surface area contributed by atoms with Crippen LogP contribution in [-0.4, -0.2) is 54.6 Å². The normalized spacial score (nSPS) is 16.3. The highest BCUT2D eigenvalue weighted by atomic mass is 16.2. The van der Waals surface area contributed by atoms with Crippen LogP contribution in [0.15, 0.2) is 66.7 Å². The van der Waals surface area contributed by atoms with Gasteiger partial charge >= 0.3 is 0 Å². The Bertz CT molecular complexity index is 1200. The summed E-state index contributed by atoms with van der Waals surface area (Å²) < 4.78 is 0. The highest BCUT2D eigenvalue weighted by Crippen LogP contribution is 2.18. The average Bonchev–Trinajstić information content (AvgIpc) is 2.99. The predicted molar refractivity (Wildman–Crippen MR) is 157 cm³/mol. The monoisotopic (exact) mass is 560 g/mol. The van der Waals surface area contributed by atoms with Gasteiger partial charge in [-0.1, -0.05) is 80.4 Å². The van der Waals surface area contributed by atoms with Crippen molar-refractivity contribution in [2.24, 2.45) is 5.92 Å². The predicted octanol–water partition coefficient (Wildman–Crippen LogP) is 2.70. The van der Waals surface area contributed by atoms with E-state index in [0.717, 1.165) is 36.8 Å². The number of nitrogens with one attached hydrogen (secondary N) is 4. The van der Waals surface area contributed by atoms with Crippen molar-refractivity contribution in [1.29, 1.82) is 0 Å². The number of amides is 4. The molecule has 3 rings (SSSR count). The molecule has 1 aliphatic heterocycles. The van der Waals surface area contributed by atoms with Crippen molar-refractivity contribution in [2.75, 3.05) is 13.1 Å². The Hall–Kier alpha value is -4.27. The van der Waals surface area contributed by atoms with Crippen molar-refractivity contribution in [1.82, 2.24) is 21.3 Å². The molecule has 0 saturated carbocycles. The minimum atomic E-state index is -1.21. The first-order valence-electron chi connectivity index (χ1n) is 14.3. The highest BCUT2D eigenvalue weighted by Gasteiger charge is 2.34. The molecule has 4 amide bonds. The SMILES string of the molecule is CCCCCNC(=O)C(=O)[C@H](C[C@@H]1CCCNC1=O)NC(=O)[C@H](Cc1ccccc1)NC(=O)/C=C/c1ccccc1. The minimum Gasteiger partial charge on any atom is -0.356 e. The van der Waals surface area contributed by atoms with Gasteiger partial charge in [-0.15, -0.1) is 0 Å². The second-order valence-electron chi connectivity index (χ2n) is 10.2. The molecule has 0 radical (unpaired) electrons. The maximum Gasteiger partial charge on any atom is 0.289 e. The molecular formula is C32H40N4O5. The first-order chi connectivity index (χ1) is 19.9. The Morgan fingerprint density at radius 1 is 0.951 bits per heavy atom. The van der Waals surface area contributed by atoms with Gasteiger partial charge < -0.3 is 21.3 Å². The number of ketones is 1.